The van der Waals surface area contributed by atoms with Crippen LogP contribution in [0.15, 0.2) is 36.4 Å². The van der Waals surface area contributed by atoms with Crippen molar-refractivity contribution in [1.82, 2.24) is 4.98 Å². The lowest BCUT2D eigenvalue weighted by molar-refractivity contribution is -0.384. The Balaban J connectivity index is 2.16. The summed E-state index contributed by atoms with van der Waals surface area (Å²) < 4.78 is 12.7. The molecule has 0 fully saturated rings. The number of nitro groups is 1. The third kappa shape index (κ3) is 3.38. The minimum absolute atomic E-state index is 0.0850. The van der Waals surface area contributed by atoms with E-state index in [9.17, 15) is 14.5 Å². The van der Waals surface area contributed by atoms with Crippen LogP contribution in [0.25, 0.3) is 0 Å². The lowest BCUT2D eigenvalue weighted by Gasteiger charge is -2.06. The maximum atomic E-state index is 12.7. The molecule has 0 aliphatic rings. The maximum absolute atomic E-state index is 12.7. The summed E-state index contributed by atoms with van der Waals surface area (Å²) in [6.45, 7) is 0.286. The van der Waals surface area contributed by atoms with Gasteiger partial charge in [0.25, 0.3) is 0 Å². The second kappa shape index (κ2) is 5.62. The Hall–Kier alpha value is -2.21. The van der Waals surface area contributed by atoms with Gasteiger partial charge in [0.05, 0.1) is 4.92 Å². The number of hydrogen-bond acceptors (Lipinski definition) is 4. The molecule has 5 nitrogen and oxygen atoms in total. The van der Waals surface area contributed by atoms with Crippen LogP contribution in [0.2, 0.25) is 5.15 Å². The molecule has 0 spiro atoms. The Bertz CT molecular complexity index is 604. The molecule has 1 aromatic carbocycles. The Morgan fingerprint density at radius 3 is 2.58 bits per heavy atom. The molecular weight excluding hydrogens is 273 g/mol. The minimum atomic E-state index is -0.545. The summed E-state index contributed by atoms with van der Waals surface area (Å²) in [5.41, 5.74) is 0.615. The van der Waals surface area contributed by atoms with Gasteiger partial charge in [0.2, 0.25) is 5.82 Å². The van der Waals surface area contributed by atoms with E-state index in [0.717, 1.165) is 5.56 Å². The highest BCUT2D eigenvalue weighted by Gasteiger charge is 2.15. The van der Waals surface area contributed by atoms with Gasteiger partial charge >= 0.3 is 5.69 Å². The fourth-order valence-corrected chi connectivity index (χ4v) is 1.64. The van der Waals surface area contributed by atoms with Crippen LogP contribution in [0.4, 0.5) is 15.9 Å². The Morgan fingerprint density at radius 2 is 1.95 bits per heavy atom. The third-order valence-electron chi connectivity index (χ3n) is 2.41. The number of halogens is 2. The molecule has 0 saturated heterocycles. The van der Waals surface area contributed by atoms with Gasteiger partial charge in [0, 0.05) is 12.6 Å². The summed E-state index contributed by atoms with van der Waals surface area (Å²) in [5, 5.41) is 13.8. The molecule has 1 N–H and O–H groups in total. The molecule has 7 heteroatoms. The highest BCUT2D eigenvalue weighted by atomic mass is 35.5. The van der Waals surface area contributed by atoms with Crippen molar-refractivity contribution in [3.63, 3.8) is 0 Å². The van der Waals surface area contributed by atoms with Crippen LogP contribution in [0.5, 0.6) is 0 Å². The van der Waals surface area contributed by atoms with Crippen molar-refractivity contribution in [2.45, 2.75) is 6.54 Å². The summed E-state index contributed by atoms with van der Waals surface area (Å²) in [5.74, 6) is -0.252. The fraction of sp³-hybridized carbons (Fsp3) is 0.0833. The molecule has 2 rings (SSSR count). The van der Waals surface area contributed by atoms with Gasteiger partial charge in [0.15, 0.2) is 0 Å². The van der Waals surface area contributed by atoms with Crippen molar-refractivity contribution >= 4 is 23.1 Å². The van der Waals surface area contributed by atoms with E-state index in [0.29, 0.717) is 0 Å². The topological polar surface area (TPSA) is 68.1 Å². The van der Waals surface area contributed by atoms with Gasteiger partial charge in [0.1, 0.15) is 11.0 Å². The second-order valence-corrected chi connectivity index (χ2v) is 4.13. The van der Waals surface area contributed by atoms with Gasteiger partial charge in [-0.15, -0.1) is 0 Å². The lowest BCUT2D eigenvalue weighted by Crippen LogP contribution is -2.04. The van der Waals surface area contributed by atoms with Crippen LogP contribution in [0.1, 0.15) is 5.56 Å². The summed E-state index contributed by atoms with van der Waals surface area (Å²) in [4.78, 5) is 14.1. The van der Waals surface area contributed by atoms with Crippen LogP contribution < -0.4 is 5.32 Å². The number of aromatic nitrogens is 1. The number of hydrogen-bond donors (Lipinski definition) is 1. The monoisotopic (exact) mass is 281 g/mol. The van der Waals surface area contributed by atoms with E-state index in [1.54, 1.807) is 12.1 Å². The first kappa shape index (κ1) is 13.2. The zero-order chi connectivity index (χ0) is 13.8. The molecule has 0 aliphatic heterocycles. The van der Waals surface area contributed by atoms with Crippen molar-refractivity contribution in [3.05, 3.63) is 63.0 Å². The molecule has 1 aromatic heterocycles. The van der Waals surface area contributed by atoms with Crippen molar-refractivity contribution in [2.24, 2.45) is 0 Å². The first-order chi connectivity index (χ1) is 9.06. The van der Waals surface area contributed by atoms with Crippen LogP contribution in [0.3, 0.4) is 0 Å². The predicted molar refractivity (Wildman–Crippen MR) is 69.6 cm³/mol. The average Bonchev–Trinajstić information content (AvgIpc) is 2.38. The van der Waals surface area contributed by atoms with Crippen LogP contribution in [0, 0.1) is 15.9 Å². The Kier molecular flexibility index (Phi) is 3.91. The van der Waals surface area contributed by atoms with Crippen molar-refractivity contribution in [1.29, 1.82) is 0 Å². The van der Waals surface area contributed by atoms with Crippen LogP contribution in [-0.2, 0) is 6.54 Å². The van der Waals surface area contributed by atoms with Crippen molar-refractivity contribution in [2.75, 3.05) is 5.32 Å². The Morgan fingerprint density at radius 1 is 1.26 bits per heavy atom. The summed E-state index contributed by atoms with van der Waals surface area (Å²) >= 11 is 5.70. The van der Waals surface area contributed by atoms with Crippen molar-refractivity contribution in [3.8, 4) is 0 Å². The van der Waals surface area contributed by atoms with E-state index in [-0.39, 0.29) is 29.0 Å². The quantitative estimate of drug-likeness (QED) is 0.530. The lowest BCUT2D eigenvalue weighted by atomic mass is 10.2. The van der Waals surface area contributed by atoms with Crippen LogP contribution in [-0.4, -0.2) is 9.91 Å². The summed E-state index contributed by atoms with van der Waals surface area (Å²) in [6, 6.07) is 8.43. The summed E-state index contributed by atoms with van der Waals surface area (Å²) in [6.07, 6.45) is 0. The predicted octanol–water partition coefficient (Wildman–Crippen LogP) is 3.39. The first-order valence-corrected chi connectivity index (χ1v) is 5.73. The third-order valence-corrected chi connectivity index (χ3v) is 2.62. The minimum Gasteiger partial charge on any atom is -0.360 e. The molecule has 0 saturated carbocycles. The van der Waals surface area contributed by atoms with E-state index in [1.165, 1.54) is 24.3 Å². The molecule has 0 amide bonds. The average molecular weight is 282 g/mol. The fourth-order valence-electron chi connectivity index (χ4n) is 1.49. The van der Waals surface area contributed by atoms with Gasteiger partial charge in [-0.05, 0) is 23.8 Å². The number of nitrogens with zero attached hydrogens (tertiary/aromatic N) is 2. The van der Waals surface area contributed by atoms with Crippen molar-refractivity contribution < 1.29 is 9.31 Å². The zero-order valence-corrected chi connectivity index (χ0v) is 10.4. The smallest absolute Gasteiger partial charge is 0.311 e. The maximum Gasteiger partial charge on any atom is 0.311 e. The largest absolute Gasteiger partial charge is 0.360 e. The van der Waals surface area contributed by atoms with E-state index in [2.05, 4.69) is 10.3 Å². The molecule has 1 heterocycles. The van der Waals surface area contributed by atoms with Gasteiger partial charge in [-0.1, -0.05) is 23.7 Å². The number of pyridine rings is 1. The van der Waals surface area contributed by atoms with Gasteiger partial charge in [-0.25, -0.2) is 9.37 Å². The van der Waals surface area contributed by atoms with Crippen LogP contribution >= 0.6 is 11.6 Å². The molecule has 98 valence electrons. The number of rotatable bonds is 4. The second-order valence-electron chi connectivity index (χ2n) is 3.74. The molecule has 2 aromatic rings. The SMILES string of the molecule is O=[N+]([O-])c1ccc(Cl)nc1NCc1ccc(F)cc1. The van der Waals surface area contributed by atoms with Gasteiger partial charge < -0.3 is 5.32 Å². The van der Waals surface area contributed by atoms with E-state index >= 15 is 0 Å². The molecule has 19 heavy (non-hydrogen) atoms. The number of benzene rings is 1. The molecular formula is C12H9ClFN3O2. The van der Waals surface area contributed by atoms with Gasteiger partial charge in [-0.3, -0.25) is 10.1 Å². The first-order valence-electron chi connectivity index (χ1n) is 5.35. The highest BCUT2D eigenvalue weighted by Crippen LogP contribution is 2.24. The van der Waals surface area contributed by atoms with E-state index in [1.807, 2.05) is 0 Å². The zero-order valence-electron chi connectivity index (χ0n) is 9.64. The number of anilines is 1. The normalized spacial score (nSPS) is 10.2. The standard InChI is InChI=1S/C12H9ClFN3O2/c13-11-6-5-10(17(18)19)12(16-11)15-7-8-1-3-9(14)4-2-8/h1-6H,7H2,(H,15,16). The number of nitrogens with one attached hydrogen (secondary N) is 1. The van der Waals surface area contributed by atoms with E-state index < -0.39 is 4.92 Å². The molecule has 0 aliphatic carbocycles. The molecule has 0 bridgehead atoms. The Labute approximate surface area is 113 Å². The molecule has 0 radical (unpaired) electrons. The highest BCUT2D eigenvalue weighted by molar-refractivity contribution is 6.29. The molecule has 0 atom stereocenters. The molecule has 0 unspecified atom stereocenters. The summed E-state index contributed by atoms with van der Waals surface area (Å²) in [7, 11) is 0. The van der Waals surface area contributed by atoms with Gasteiger partial charge in [-0.2, -0.15) is 0 Å². The van der Waals surface area contributed by atoms with E-state index in [4.69, 9.17) is 11.6 Å².